The van der Waals surface area contributed by atoms with E-state index in [9.17, 15) is 0 Å². The Morgan fingerprint density at radius 1 is 0.560 bits per heavy atom. The number of epoxide rings is 2. The predicted octanol–water partition coefficient (Wildman–Crippen LogP) is 10.9. The van der Waals surface area contributed by atoms with Gasteiger partial charge in [0.2, 0.25) is 0 Å². The molecule has 5 fully saturated rings. The maximum Gasteiger partial charge on any atom is 0.175 e. The summed E-state index contributed by atoms with van der Waals surface area (Å²) in [5.41, 5.74) is 0.443. The third-order valence-corrected chi connectivity index (χ3v) is 28.8. The van der Waals surface area contributed by atoms with Crippen LogP contribution in [0.1, 0.15) is 91.9 Å². The van der Waals surface area contributed by atoms with Gasteiger partial charge in [0, 0.05) is 26.4 Å². The lowest BCUT2D eigenvalue weighted by Gasteiger charge is -2.38. The van der Waals surface area contributed by atoms with E-state index in [1.165, 1.54) is 76.3 Å². The molecule has 2 aliphatic heterocycles. The summed E-state index contributed by atoms with van der Waals surface area (Å²) in [6, 6.07) is 4.76. The number of hydrogen-bond acceptors (Lipinski definition) is 6. The fraction of sp³-hybridized carbons (Fsp3) is 1.00. The summed E-state index contributed by atoms with van der Waals surface area (Å²) in [7, 11) is -6.93. The molecule has 3 aliphatic carbocycles. The van der Waals surface area contributed by atoms with Crippen molar-refractivity contribution < 1.29 is 27.2 Å². The Hall–Kier alpha value is 0.628. The lowest BCUT2D eigenvalue weighted by atomic mass is 9.77. The van der Waals surface area contributed by atoms with Crippen LogP contribution in [0.15, 0.2) is 0 Å². The fourth-order valence-corrected chi connectivity index (χ4v) is 29.1. The molecule has 0 N–H and O–H groups in total. The molecule has 8 atom stereocenters. The van der Waals surface area contributed by atoms with Gasteiger partial charge in [0.15, 0.2) is 33.3 Å². The highest BCUT2D eigenvalue weighted by Gasteiger charge is 2.57. The summed E-state index contributed by atoms with van der Waals surface area (Å²) in [6.45, 7) is 32.6. The summed E-state index contributed by atoms with van der Waals surface area (Å²) in [5, 5.41) is 0. The lowest BCUT2D eigenvalue weighted by Crippen LogP contribution is -2.46. The van der Waals surface area contributed by atoms with Gasteiger partial charge in [-0.1, -0.05) is 13.8 Å². The van der Waals surface area contributed by atoms with Gasteiger partial charge in [0.05, 0.1) is 23.4 Å². The zero-order chi connectivity index (χ0) is 36.6. The van der Waals surface area contributed by atoms with Crippen LogP contribution in [0.4, 0.5) is 0 Å². The minimum Gasteiger partial charge on any atom is -0.455 e. The minimum absolute atomic E-state index is 0.221. The molecule has 2 saturated heterocycles. The molecule has 0 radical (unpaired) electrons. The Balaban J connectivity index is 0.889. The molecule has 3 saturated carbocycles. The molecule has 5 rings (SSSR count). The molecule has 5 aliphatic rings. The monoisotopic (exact) mass is 769 g/mol. The van der Waals surface area contributed by atoms with Crippen molar-refractivity contribution in [2.75, 3.05) is 26.4 Å². The Morgan fingerprint density at radius 2 is 0.920 bits per heavy atom. The van der Waals surface area contributed by atoms with Crippen molar-refractivity contribution in [1.29, 1.82) is 0 Å². The van der Waals surface area contributed by atoms with Gasteiger partial charge in [-0.15, -0.1) is 0 Å². The summed E-state index contributed by atoms with van der Waals surface area (Å²) < 4.78 is 38.7. The first-order valence-electron chi connectivity index (χ1n) is 21.1. The van der Waals surface area contributed by atoms with Gasteiger partial charge < -0.3 is 27.2 Å². The second kappa shape index (κ2) is 16.4. The summed E-state index contributed by atoms with van der Waals surface area (Å²) in [5.74, 6) is 4.52. The molecule has 0 amide bonds. The second-order valence-corrected chi connectivity index (χ2v) is 38.6. The van der Waals surface area contributed by atoms with Crippen molar-refractivity contribution >= 4 is 33.3 Å². The highest BCUT2D eigenvalue weighted by molar-refractivity contribution is 6.85. The van der Waals surface area contributed by atoms with E-state index in [4.69, 9.17) is 27.2 Å². The maximum atomic E-state index is 7.03. The molecule has 2 heterocycles. The molecule has 0 aromatic heterocycles. The maximum absolute atomic E-state index is 7.03. The Bertz CT molecular complexity index is 1010. The first-order chi connectivity index (χ1) is 23.2. The molecule has 0 spiro atoms. The van der Waals surface area contributed by atoms with Crippen LogP contribution in [-0.4, -0.2) is 83.1 Å². The van der Waals surface area contributed by atoms with Crippen LogP contribution in [0.2, 0.25) is 76.6 Å². The van der Waals surface area contributed by atoms with Crippen LogP contribution in [-0.2, 0) is 27.2 Å². The van der Waals surface area contributed by atoms with Gasteiger partial charge in [-0.2, -0.15) is 0 Å². The van der Waals surface area contributed by atoms with Gasteiger partial charge in [-0.05, 0) is 190 Å². The number of fused-ring (bicyclic) bond motifs is 2. The quantitative estimate of drug-likeness (QED) is 0.0698. The SMILES string of the molecule is CC(C[Si](C)(C)O[Si](C)(C)CCOCC1CCC(COCC[Si](C)(C)O[Si](C)(C)CC(C)C2CCC3(C)OC3C2)CC1)C1CCC2(C)OC2C1. The van der Waals surface area contributed by atoms with Crippen LogP contribution in [0.3, 0.4) is 0 Å². The third-order valence-electron chi connectivity index (χ3n) is 13.8. The Labute approximate surface area is 313 Å². The van der Waals surface area contributed by atoms with Crippen LogP contribution >= 0.6 is 0 Å². The zero-order valence-corrected chi connectivity index (χ0v) is 38.8. The van der Waals surface area contributed by atoms with Crippen LogP contribution < -0.4 is 0 Å². The molecule has 0 bridgehead atoms. The third kappa shape index (κ3) is 12.3. The predicted molar refractivity (Wildman–Crippen MR) is 218 cm³/mol. The van der Waals surface area contributed by atoms with E-state index in [-0.39, 0.29) is 11.2 Å². The van der Waals surface area contributed by atoms with Crippen molar-refractivity contribution in [3.8, 4) is 0 Å². The summed E-state index contributed by atoms with van der Waals surface area (Å²) in [4.78, 5) is 0. The average molecular weight is 769 g/mol. The minimum atomic E-state index is -1.75. The Kier molecular flexibility index (Phi) is 13.7. The average Bonchev–Trinajstić information content (AvgIpc) is 3.88. The second-order valence-electron chi connectivity index (χ2n) is 21.0. The first kappa shape index (κ1) is 41.8. The smallest absolute Gasteiger partial charge is 0.175 e. The largest absolute Gasteiger partial charge is 0.455 e. The van der Waals surface area contributed by atoms with Gasteiger partial charge >= 0.3 is 0 Å². The molecular formula is C40H80O6Si4. The Morgan fingerprint density at radius 3 is 1.26 bits per heavy atom. The lowest BCUT2D eigenvalue weighted by molar-refractivity contribution is 0.0561. The van der Waals surface area contributed by atoms with E-state index in [1.54, 1.807) is 0 Å². The standard InChI is InChI=1S/C40H80O6Si4/c1-31(35-17-19-39(3)37(25-35)43-39)29-49(9,10)45-47(5,6)23-21-41-27-33-13-15-34(16-14-33)28-42-22-24-48(7,8)46-50(11,12)30-32(2)36-18-20-40(4)38(26-36)44-40/h31-38H,13-30H2,1-12H3. The van der Waals surface area contributed by atoms with Crippen molar-refractivity contribution in [3.05, 3.63) is 0 Å². The fourth-order valence-electron chi connectivity index (χ4n) is 10.6. The molecule has 0 aromatic rings. The van der Waals surface area contributed by atoms with Crippen molar-refractivity contribution in [2.24, 2.45) is 35.5 Å². The van der Waals surface area contributed by atoms with Crippen molar-refractivity contribution in [2.45, 2.75) is 192 Å². The number of ether oxygens (including phenoxy) is 4. The van der Waals surface area contributed by atoms with Crippen molar-refractivity contribution in [1.82, 2.24) is 0 Å². The van der Waals surface area contributed by atoms with Crippen LogP contribution in [0, 0.1) is 35.5 Å². The highest BCUT2D eigenvalue weighted by atomic mass is 28.4. The van der Waals surface area contributed by atoms with E-state index in [2.05, 4.69) is 80.1 Å². The van der Waals surface area contributed by atoms with Crippen molar-refractivity contribution in [3.63, 3.8) is 0 Å². The molecule has 10 heteroatoms. The first-order valence-corrected chi connectivity index (χ1v) is 33.5. The van der Waals surface area contributed by atoms with Crippen LogP contribution in [0.25, 0.3) is 0 Å². The molecule has 50 heavy (non-hydrogen) atoms. The number of rotatable bonds is 20. The summed E-state index contributed by atoms with van der Waals surface area (Å²) >= 11 is 0. The van der Waals surface area contributed by atoms with E-state index < -0.39 is 33.3 Å². The molecule has 6 nitrogen and oxygen atoms in total. The molecule has 292 valence electrons. The van der Waals surface area contributed by atoms with Gasteiger partial charge in [0.25, 0.3) is 0 Å². The molecule has 8 unspecified atom stereocenters. The number of hydrogen-bond donors (Lipinski definition) is 0. The zero-order valence-electron chi connectivity index (χ0n) is 34.8. The van der Waals surface area contributed by atoms with Gasteiger partial charge in [-0.3, -0.25) is 0 Å². The van der Waals surface area contributed by atoms with Crippen LogP contribution in [0.5, 0.6) is 0 Å². The topological polar surface area (TPSA) is 62.0 Å². The van der Waals surface area contributed by atoms with E-state index >= 15 is 0 Å². The molecular weight excluding hydrogens is 689 g/mol. The highest BCUT2D eigenvalue weighted by Crippen LogP contribution is 2.52. The molecule has 0 aromatic carbocycles. The van der Waals surface area contributed by atoms with E-state index in [0.717, 1.165) is 62.2 Å². The summed E-state index contributed by atoms with van der Waals surface area (Å²) in [6.07, 6.45) is 13.9. The van der Waals surface area contributed by atoms with Gasteiger partial charge in [0.1, 0.15) is 0 Å². The van der Waals surface area contributed by atoms with Gasteiger partial charge in [-0.25, -0.2) is 0 Å². The normalized spacial score (nSPS) is 36.0. The van der Waals surface area contributed by atoms with E-state index in [0.29, 0.717) is 24.0 Å². The van der Waals surface area contributed by atoms with E-state index in [1.807, 2.05) is 0 Å².